The van der Waals surface area contributed by atoms with Gasteiger partial charge in [0.2, 0.25) is 0 Å². The Bertz CT molecular complexity index is 1530. The first kappa shape index (κ1) is 22.5. The van der Waals surface area contributed by atoms with Crippen molar-refractivity contribution in [3.05, 3.63) is 82.4 Å². The maximum atomic E-state index is 13.1. The van der Waals surface area contributed by atoms with Gasteiger partial charge >= 0.3 is 0 Å². The molecule has 1 unspecified atom stereocenters. The molecule has 182 valence electrons. The molecule has 1 fully saturated rings. The normalized spacial score (nSPS) is 21.1. The van der Waals surface area contributed by atoms with E-state index in [0.29, 0.717) is 52.1 Å². The fourth-order valence-electron chi connectivity index (χ4n) is 5.05. The molecule has 4 N–H and O–H groups in total. The number of carbonyl (C=O) groups is 2. The highest BCUT2D eigenvalue weighted by atomic mass is 16.5. The topological polar surface area (TPSA) is 153 Å². The van der Waals surface area contributed by atoms with Crippen LogP contribution in [0.2, 0.25) is 0 Å². The van der Waals surface area contributed by atoms with E-state index >= 15 is 0 Å². The fourth-order valence-corrected chi connectivity index (χ4v) is 5.05. The number of aromatic nitrogens is 4. The quantitative estimate of drug-likeness (QED) is 0.337. The van der Waals surface area contributed by atoms with Gasteiger partial charge in [0.1, 0.15) is 24.5 Å². The van der Waals surface area contributed by atoms with Crippen LogP contribution >= 0.6 is 0 Å². The number of carbonyl (C=O) groups excluding carboxylic acids is 2. The van der Waals surface area contributed by atoms with E-state index in [2.05, 4.69) is 15.0 Å². The Morgan fingerprint density at radius 1 is 1.00 bits per heavy atom. The number of nitrogens with two attached hydrogens (primary N) is 1. The second-order valence-electron chi connectivity index (χ2n) is 9.03. The first-order valence-corrected chi connectivity index (χ1v) is 11.7. The Balaban J connectivity index is 1.33. The van der Waals surface area contributed by atoms with E-state index in [-0.39, 0.29) is 30.4 Å². The summed E-state index contributed by atoms with van der Waals surface area (Å²) >= 11 is 0. The number of aliphatic hydroxyl groups is 2. The molecule has 2 aromatic heterocycles. The van der Waals surface area contributed by atoms with Gasteiger partial charge in [0.15, 0.2) is 28.5 Å². The summed E-state index contributed by atoms with van der Waals surface area (Å²) in [6, 6.07) is 12.2. The Kier molecular flexibility index (Phi) is 5.36. The molecule has 0 radical (unpaired) electrons. The molecular weight excluding hydrogens is 462 g/mol. The van der Waals surface area contributed by atoms with Gasteiger partial charge in [-0.25, -0.2) is 15.0 Å². The molecule has 0 bridgehead atoms. The van der Waals surface area contributed by atoms with Crippen molar-refractivity contribution in [3.63, 3.8) is 0 Å². The van der Waals surface area contributed by atoms with Crippen molar-refractivity contribution >= 4 is 28.5 Å². The maximum absolute atomic E-state index is 13.1. The minimum Gasteiger partial charge on any atom is -0.394 e. The zero-order valence-electron chi connectivity index (χ0n) is 19.2. The number of rotatable bonds is 5. The third-order valence-electron chi connectivity index (χ3n) is 6.88. The third-order valence-corrected chi connectivity index (χ3v) is 6.88. The highest BCUT2D eigenvalue weighted by Crippen LogP contribution is 2.34. The Hall–Kier alpha value is -3.99. The molecule has 1 saturated heterocycles. The number of aryl methyl sites for hydroxylation is 2. The zero-order valence-corrected chi connectivity index (χ0v) is 19.2. The summed E-state index contributed by atoms with van der Waals surface area (Å²) in [4.78, 5) is 39.0. The highest BCUT2D eigenvalue weighted by molar-refractivity contribution is 6.28. The molecule has 6 rings (SSSR count). The molecule has 0 saturated carbocycles. The van der Waals surface area contributed by atoms with Gasteiger partial charge < -0.3 is 20.7 Å². The van der Waals surface area contributed by atoms with E-state index < -0.39 is 18.4 Å². The van der Waals surface area contributed by atoms with Crippen molar-refractivity contribution in [2.24, 2.45) is 0 Å². The number of benzene rings is 2. The van der Waals surface area contributed by atoms with E-state index in [1.54, 1.807) is 41.0 Å². The molecule has 0 amide bonds. The Labute approximate surface area is 205 Å². The number of nitrogens with zero attached hydrogens (tertiary/aromatic N) is 4. The largest absolute Gasteiger partial charge is 0.394 e. The van der Waals surface area contributed by atoms with Crippen LogP contribution in [0.3, 0.4) is 0 Å². The van der Waals surface area contributed by atoms with Gasteiger partial charge in [-0.05, 0) is 18.1 Å². The number of ether oxygens (including phenoxy) is 1. The average molecular weight is 486 g/mol. The van der Waals surface area contributed by atoms with Gasteiger partial charge in [-0.3, -0.25) is 14.2 Å². The van der Waals surface area contributed by atoms with Gasteiger partial charge in [-0.2, -0.15) is 0 Å². The SMILES string of the molecule is Nc1ncnc2c1nc(CCc1ccc3c(c1)C(=O)c1ccccc1C3=O)n2[C@H]1CC(O)[C@@H](CO)O1. The maximum Gasteiger partial charge on any atom is 0.194 e. The molecule has 3 heterocycles. The van der Waals surface area contributed by atoms with Crippen molar-refractivity contribution < 1.29 is 24.5 Å². The number of aliphatic hydroxyl groups excluding tert-OH is 2. The summed E-state index contributed by atoms with van der Waals surface area (Å²) in [5.74, 6) is 0.533. The van der Waals surface area contributed by atoms with Crippen LogP contribution in [0.5, 0.6) is 0 Å². The predicted octanol–water partition coefficient (Wildman–Crippen LogP) is 1.61. The first-order chi connectivity index (χ1) is 17.5. The Morgan fingerprint density at radius 2 is 1.72 bits per heavy atom. The van der Waals surface area contributed by atoms with Crippen molar-refractivity contribution in [1.29, 1.82) is 0 Å². The van der Waals surface area contributed by atoms with Crippen molar-refractivity contribution in [2.45, 2.75) is 37.7 Å². The van der Waals surface area contributed by atoms with E-state index in [4.69, 9.17) is 10.5 Å². The summed E-state index contributed by atoms with van der Waals surface area (Å²) < 4.78 is 7.67. The van der Waals surface area contributed by atoms with Gasteiger partial charge in [-0.15, -0.1) is 0 Å². The van der Waals surface area contributed by atoms with Crippen molar-refractivity contribution in [1.82, 2.24) is 19.5 Å². The van der Waals surface area contributed by atoms with E-state index in [1.807, 2.05) is 6.07 Å². The van der Waals surface area contributed by atoms with E-state index in [0.717, 1.165) is 5.56 Å². The molecule has 4 aromatic rings. The second kappa shape index (κ2) is 8.59. The summed E-state index contributed by atoms with van der Waals surface area (Å²) in [7, 11) is 0. The lowest BCUT2D eigenvalue weighted by molar-refractivity contribution is -0.0440. The van der Waals surface area contributed by atoms with Crippen LogP contribution in [0.25, 0.3) is 11.2 Å². The molecule has 2 aromatic carbocycles. The van der Waals surface area contributed by atoms with E-state index in [1.165, 1.54) is 6.33 Å². The predicted molar refractivity (Wildman–Crippen MR) is 129 cm³/mol. The number of hydrogen-bond donors (Lipinski definition) is 3. The van der Waals surface area contributed by atoms with Crippen LogP contribution in [0.15, 0.2) is 48.8 Å². The molecule has 1 aliphatic carbocycles. The minimum atomic E-state index is -0.823. The summed E-state index contributed by atoms with van der Waals surface area (Å²) in [6.07, 6.45) is 0.480. The number of nitrogen functional groups attached to an aromatic ring is 1. The zero-order chi connectivity index (χ0) is 25.0. The van der Waals surface area contributed by atoms with Gasteiger partial charge in [0.05, 0.1) is 12.7 Å². The van der Waals surface area contributed by atoms with Gasteiger partial charge in [0, 0.05) is 35.1 Å². The molecule has 0 spiro atoms. The Morgan fingerprint density at radius 3 is 2.44 bits per heavy atom. The number of imidazole rings is 1. The van der Waals surface area contributed by atoms with Crippen LogP contribution in [0.1, 0.15) is 55.9 Å². The van der Waals surface area contributed by atoms with Crippen LogP contribution in [0, 0.1) is 0 Å². The van der Waals surface area contributed by atoms with Gasteiger partial charge in [0.25, 0.3) is 0 Å². The minimum absolute atomic E-state index is 0.155. The lowest BCUT2D eigenvalue weighted by atomic mass is 9.83. The molecule has 10 nitrogen and oxygen atoms in total. The molecule has 10 heteroatoms. The lowest BCUT2D eigenvalue weighted by Crippen LogP contribution is -2.24. The molecular formula is C26H23N5O5. The monoisotopic (exact) mass is 485 g/mol. The summed E-state index contributed by atoms with van der Waals surface area (Å²) in [5, 5.41) is 19.8. The van der Waals surface area contributed by atoms with Crippen LogP contribution in [-0.2, 0) is 17.6 Å². The lowest BCUT2D eigenvalue weighted by Gasteiger charge is -2.18. The fraction of sp³-hybridized carbons (Fsp3) is 0.269. The van der Waals surface area contributed by atoms with Gasteiger partial charge in [-0.1, -0.05) is 36.4 Å². The average Bonchev–Trinajstić information content (AvgIpc) is 3.46. The standard InChI is InChI=1S/C26H23N5O5/c27-25-22-26(29-12-28-25)31(21-10-18(33)19(11-32)36-21)20(30-22)8-6-13-5-7-16-17(9-13)24(35)15-4-2-1-3-14(15)23(16)34/h1-5,7,9,12,18-19,21,32-33H,6,8,10-11H2,(H2,27,28,29)/t18?,19-,21-/m1/s1. The van der Waals surface area contributed by atoms with E-state index in [9.17, 15) is 19.8 Å². The number of anilines is 1. The van der Waals surface area contributed by atoms with Crippen LogP contribution in [-0.4, -0.2) is 60.1 Å². The summed E-state index contributed by atoms with van der Waals surface area (Å²) in [5.41, 5.74) is 9.47. The highest BCUT2D eigenvalue weighted by Gasteiger charge is 2.37. The molecule has 2 aliphatic rings. The molecule has 1 aliphatic heterocycles. The number of hydrogen-bond acceptors (Lipinski definition) is 9. The van der Waals surface area contributed by atoms with Crippen LogP contribution in [0.4, 0.5) is 5.82 Å². The molecule has 3 atom stereocenters. The van der Waals surface area contributed by atoms with Crippen molar-refractivity contribution in [3.8, 4) is 0 Å². The first-order valence-electron chi connectivity index (χ1n) is 11.7. The number of ketones is 2. The summed E-state index contributed by atoms with van der Waals surface area (Å²) in [6.45, 7) is -0.304. The number of fused-ring (bicyclic) bond motifs is 3. The second-order valence-corrected chi connectivity index (χ2v) is 9.03. The van der Waals surface area contributed by atoms with Crippen LogP contribution < -0.4 is 5.73 Å². The molecule has 36 heavy (non-hydrogen) atoms. The third kappa shape index (κ3) is 3.49. The van der Waals surface area contributed by atoms with Crippen molar-refractivity contribution in [2.75, 3.05) is 12.3 Å². The smallest absolute Gasteiger partial charge is 0.194 e.